The molecule has 3 aromatic rings. The molecule has 3 heteroatoms. The highest BCUT2D eigenvalue weighted by Crippen LogP contribution is 2.14. The van der Waals surface area contributed by atoms with Gasteiger partial charge in [0, 0.05) is 24.4 Å². The van der Waals surface area contributed by atoms with Gasteiger partial charge in [-0.15, -0.1) is 11.3 Å². The second-order valence-electron chi connectivity index (χ2n) is 5.41. The van der Waals surface area contributed by atoms with Crippen molar-refractivity contribution in [1.29, 1.82) is 0 Å². The molecule has 3 rings (SSSR count). The molecule has 1 heterocycles. The van der Waals surface area contributed by atoms with Crippen LogP contribution < -0.4 is 10.1 Å². The van der Waals surface area contributed by atoms with Crippen molar-refractivity contribution in [1.82, 2.24) is 5.32 Å². The van der Waals surface area contributed by atoms with Gasteiger partial charge in [-0.2, -0.15) is 0 Å². The molecule has 0 aliphatic rings. The number of thiophene rings is 1. The Bertz CT molecular complexity index is 695. The Balaban J connectivity index is 1.45. The molecule has 0 aliphatic heterocycles. The summed E-state index contributed by atoms with van der Waals surface area (Å²) in [5, 5.41) is 5.58. The fourth-order valence-corrected chi connectivity index (χ4v) is 3.09. The number of hydrogen-bond donors (Lipinski definition) is 1. The Kier molecular flexibility index (Phi) is 5.84. The molecule has 2 nitrogen and oxygen atoms in total. The Morgan fingerprint density at radius 2 is 1.70 bits per heavy atom. The maximum atomic E-state index is 5.88. The maximum absolute atomic E-state index is 5.88. The lowest BCUT2D eigenvalue weighted by Gasteiger charge is -2.09. The van der Waals surface area contributed by atoms with Crippen LogP contribution in [0.2, 0.25) is 0 Å². The average Bonchev–Trinajstić information content (AvgIpc) is 3.10. The second kappa shape index (κ2) is 8.51. The summed E-state index contributed by atoms with van der Waals surface area (Å²) in [6.45, 7) is 2.47. The van der Waals surface area contributed by atoms with Crippen LogP contribution in [0.15, 0.2) is 72.1 Å². The van der Waals surface area contributed by atoms with Crippen molar-refractivity contribution in [2.24, 2.45) is 0 Å². The molecular formula is C20H21NOS. The van der Waals surface area contributed by atoms with Gasteiger partial charge in [-0.05, 0) is 34.7 Å². The lowest BCUT2D eigenvalue weighted by atomic mass is 10.2. The molecule has 0 bridgehead atoms. The predicted octanol–water partition coefficient (Wildman–Crippen LogP) is 4.66. The van der Waals surface area contributed by atoms with E-state index in [0.29, 0.717) is 6.61 Å². The average molecular weight is 323 g/mol. The van der Waals surface area contributed by atoms with Crippen molar-refractivity contribution in [2.45, 2.75) is 19.5 Å². The number of benzene rings is 2. The van der Waals surface area contributed by atoms with Crippen LogP contribution in [0.4, 0.5) is 0 Å². The van der Waals surface area contributed by atoms with Gasteiger partial charge in [-0.1, -0.05) is 48.5 Å². The van der Waals surface area contributed by atoms with E-state index in [4.69, 9.17) is 4.74 Å². The molecule has 0 spiro atoms. The molecule has 0 radical (unpaired) electrons. The molecule has 1 aromatic heterocycles. The summed E-state index contributed by atoms with van der Waals surface area (Å²) < 4.78 is 5.88. The summed E-state index contributed by atoms with van der Waals surface area (Å²) in [6, 6.07) is 23.0. The van der Waals surface area contributed by atoms with Gasteiger partial charge in [-0.25, -0.2) is 0 Å². The fraction of sp³-hybridized carbons (Fsp3) is 0.200. The van der Waals surface area contributed by atoms with Crippen LogP contribution in [0.5, 0.6) is 5.75 Å². The molecule has 0 atom stereocenters. The second-order valence-corrected chi connectivity index (χ2v) is 6.45. The molecule has 23 heavy (non-hydrogen) atoms. The van der Waals surface area contributed by atoms with E-state index in [9.17, 15) is 0 Å². The first-order valence-corrected chi connectivity index (χ1v) is 8.77. The number of rotatable bonds is 8. The third-order valence-corrected chi connectivity index (χ3v) is 4.49. The van der Waals surface area contributed by atoms with Crippen molar-refractivity contribution >= 4 is 11.3 Å². The van der Waals surface area contributed by atoms with E-state index in [1.165, 1.54) is 16.0 Å². The Hall–Kier alpha value is -2.10. The van der Waals surface area contributed by atoms with Crippen LogP contribution in [0, 0.1) is 0 Å². The predicted molar refractivity (Wildman–Crippen MR) is 96.9 cm³/mol. The molecule has 0 saturated heterocycles. The van der Waals surface area contributed by atoms with Crippen molar-refractivity contribution in [3.8, 4) is 5.75 Å². The van der Waals surface area contributed by atoms with Gasteiger partial charge in [0.05, 0.1) is 6.61 Å². The van der Waals surface area contributed by atoms with E-state index in [1.54, 1.807) is 11.3 Å². The fourth-order valence-electron chi connectivity index (χ4n) is 2.42. The van der Waals surface area contributed by atoms with Crippen LogP contribution in [-0.4, -0.2) is 6.61 Å². The molecular weight excluding hydrogens is 302 g/mol. The maximum Gasteiger partial charge on any atom is 0.119 e. The van der Waals surface area contributed by atoms with Gasteiger partial charge in [0.2, 0.25) is 0 Å². The topological polar surface area (TPSA) is 21.3 Å². The highest BCUT2D eigenvalue weighted by atomic mass is 32.1. The molecule has 0 aliphatic carbocycles. The molecule has 2 aromatic carbocycles. The summed E-state index contributed by atoms with van der Waals surface area (Å²) in [5.74, 6) is 0.941. The Morgan fingerprint density at radius 1 is 0.826 bits per heavy atom. The Morgan fingerprint density at radius 3 is 2.52 bits per heavy atom. The highest BCUT2D eigenvalue weighted by molar-refractivity contribution is 7.09. The first-order valence-electron chi connectivity index (χ1n) is 7.89. The first kappa shape index (κ1) is 15.8. The number of hydrogen-bond acceptors (Lipinski definition) is 3. The minimum absolute atomic E-state index is 0.704. The largest absolute Gasteiger partial charge is 0.493 e. The van der Waals surface area contributed by atoms with Crippen LogP contribution >= 0.6 is 11.3 Å². The van der Waals surface area contributed by atoms with Crippen LogP contribution in [-0.2, 0) is 19.5 Å². The lowest BCUT2D eigenvalue weighted by Crippen LogP contribution is -2.11. The smallest absolute Gasteiger partial charge is 0.119 e. The summed E-state index contributed by atoms with van der Waals surface area (Å²) >= 11 is 1.78. The van der Waals surface area contributed by atoms with E-state index in [1.807, 2.05) is 12.1 Å². The minimum Gasteiger partial charge on any atom is -0.493 e. The first-order chi connectivity index (χ1) is 11.4. The van der Waals surface area contributed by atoms with E-state index < -0.39 is 0 Å². The SMILES string of the molecule is c1ccc(CCOc2cccc(CNCc3cccs3)c2)cc1. The zero-order valence-corrected chi connectivity index (χ0v) is 13.9. The molecule has 118 valence electrons. The number of nitrogens with one attached hydrogen (secondary N) is 1. The summed E-state index contributed by atoms with van der Waals surface area (Å²) in [4.78, 5) is 1.36. The molecule has 0 amide bonds. The van der Waals surface area contributed by atoms with Gasteiger partial charge in [0.1, 0.15) is 5.75 Å². The van der Waals surface area contributed by atoms with Crippen LogP contribution in [0.3, 0.4) is 0 Å². The summed E-state index contributed by atoms with van der Waals surface area (Å²) in [5.41, 5.74) is 2.56. The van der Waals surface area contributed by atoms with E-state index in [0.717, 1.165) is 25.3 Å². The molecule has 1 N–H and O–H groups in total. The van der Waals surface area contributed by atoms with Gasteiger partial charge < -0.3 is 10.1 Å². The van der Waals surface area contributed by atoms with Gasteiger partial charge >= 0.3 is 0 Å². The number of ether oxygens (including phenoxy) is 1. The standard InChI is InChI=1S/C20H21NOS/c1-2-6-17(7-3-1)11-12-22-19-9-4-8-18(14-19)15-21-16-20-10-5-13-23-20/h1-10,13-14,21H,11-12,15-16H2. The zero-order valence-electron chi connectivity index (χ0n) is 13.1. The van der Waals surface area contributed by atoms with Crippen molar-refractivity contribution in [2.75, 3.05) is 6.61 Å². The normalized spacial score (nSPS) is 10.6. The van der Waals surface area contributed by atoms with Gasteiger partial charge in [0.15, 0.2) is 0 Å². The van der Waals surface area contributed by atoms with Crippen LogP contribution in [0.1, 0.15) is 16.0 Å². The van der Waals surface area contributed by atoms with Gasteiger partial charge in [0.25, 0.3) is 0 Å². The minimum atomic E-state index is 0.704. The van der Waals surface area contributed by atoms with Crippen molar-refractivity contribution in [3.05, 3.63) is 88.1 Å². The highest BCUT2D eigenvalue weighted by Gasteiger charge is 1.99. The van der Waals surface area contributed by atoms with Crippen molar-refractivity contribution < 1.29 is 4.74 Å². The van der Waals surface area contributed by atoms with E-state index in [-0.39, 0.29) is 0 Å². The van der Waals surface area contributed by atoms with E-state index in [2.05, 4.69) is 65.3 Å². The Labute approximate surface area is 141 Å². The lowest BCUT2D eigenvalue weighted by molar-refractivity contribution is 0.321. The zero-order chi connectivity index (χ0) is 15.7. The quantitative estimate of drug-likeness (QED) is 0.651. The third kappa shape index (κ3) is 5.23. The monoisotopic (exact) mass is 323 g/mol. The summed E-state index contributed by atoms with van der Waals surface area (Å²) in [7, 11) is 0. The molecule has 0 unspecified atom stereocenters. The van der Waals surface area contributed by atoms with E-state index >= 15 is 0 Å². The van der Waals surface area contributed by atoms with Crippen LogP contribution in [0.25, 0.3) is 0 Å². The van der Waals surface area contributed by atoms with Gasteiger partial charge in [-0.3, -0.25) is 0 Å². The summed E-state index contributed by atoms with van der Waals surface area (Å²) in [6.07, 6.45) is 0.932. The van der Waals surface area contributed by atoms with Crippen molar-refractivity contribution in [3.63, 3.8) is 0 Å². The molecule has 0 fully saturated rings. The third-order valence-electron chi connectivity index (χ3n) is 3.61. The molecule has 0 saturated carbocycles.